The van der Waals surface area contributed by atoms with E-state index in [1.165, 1.54) is 21.3 Å². The molecule has 0 aliphatic carbocycles. The Labute approximate surface area is 221 Å². The second kappa shape index (κ2) is 12.1. The summed E-state index contributed by atoms with van der Waals surface area (Å²) in [6.45, 7) is 0.593. The first-order valence-corrected chi connectivity index (χ1v) is 12.3. The molecule has 9 heteroatoms. The van der Waals surface area contributed by atoms with Crippen molar-refractivity contribution in [2.45, 2.75) is 19.4 Å². The Morgan fingerprint density at radius 2 is 1.58 bits per heavy atom. The number of hydrogen-bond donors (Lipinski definition) is 1. The number of fused-ring (bicyclic) bond motifs is 1. The van der Waals surface area contributed by atoms with Gasteiger partial charge in [-0.25, -0.2) is 4.98 Å². The van der Waals surface area contributed by atoms with E-state index in [0.29, 0.717) is 42.2 Å². The number of aryl methyl sites for hydroxylation is 1. The van der Waals surface area contributed by atoms with E-state index in [2.05, 4.69) is 5.32 Å². The third-order valence-electron chi connectivity index (χ3n) is 6.33. The lowest BCUT2D eigenvalue weighted by molar-refractivity contribution is -0.118. The first-order valence-electron chi connectivity index (χ1n) is 12.3. The van der Waals surface area contributed by atoms with Crippen molar-refractivity contribution < 1.29 is 23.8 Å². The molecule has 1 N–H and O–H groups in total. The number of likely N-dealkylation sites (N-methyl/N-ethyl adjacent to an activating group) is 1. The normalized spacial score (nSPS) is 10.7. The first-order chi connectivity index (χ1) is 18.5. The van der Waals surface area contributed by atoms with Gasteiger partial charge < -0.3 is 29.0 Å². The minimum Gasteiger partial charge on any atom is -0.493 e. The molecule has 0 saturated carbocycles. The molecule has 0 aliphatic rings. The molecule has 2 amide bonds. The molecule has 0 radical (unpaired) electrons. The van der Waals surface area contributed by atoms with E-state index in [1.807, 2.05) is 59.2 Å². The van der Waals surface area contributed by atoms with Gasteiger partial charge in [0.15, 0.2) is 11.5 Å². The largest absolute Gasteiger partial charge is 0.493 e. The summed E-state index contributed by atoms with van der Waals surface area (Å²) in [5, 5.41) is 2.94. The molecule has 0 saturated heterocycles. The number of imidazole rings is 1. The SMILES string of the molecule is COc1cc(C(=O)NCCCc2nc3ccccc3n2CC(=O)N(C)c2ccccc2)cc(OC)c1OC. The van der Waals surface area contributed by atoms with E-state index >= 15 is 0 Å². The number of anilines is 1. The number of ether oxygens (including phenoxy) is 3. The van der Waals surface area contributed by atoms with Crippen LogP contribution in [-0.2, 0) is 17.8 Å². The van der Waals surface area contributed by atoms with Gasteiger partial charge in [0.05, 0.1) is 32.4 Å². The number of benzene rings is 3. The van der Waals surface area contributed by atoms with E-state index in [1.54, 1.807) is 24.1 Å². The van der Waals surface area contributed by atoms with Crippen molar-refractivity contribution in [2.24, 2.45) is 0 Å². The standard InChI is InChI=1S/C29H32N4O5/c1-32(21-11-6-5-7-12-21)27(34)19-33-23-14-9-8-13-22(23)31-26(33)15-10-16-30-29(35)20-17-24(36-2)28(38-4)25(18-20)37-3/h5-9,11-14,17-18H,10,15-16,19H2,1-4H3,(H,30,35). The van der Waals surface area contributed by atoms with E-state index < -0.39 is 0 Å². The molecular formula is C29H32N4O5. The highest BCUT2D eigenvalue weighted by molar-refractivity contribution is 5.95. The lowest BCUT2D eigenvalue weighted by atomic mass is 10.1. The molecule has 0 fully saturated rings. The molecular weight excluding hydrogens is 484 g/mol. The number of carbonyl (C=O) groups is 2. The molecule has 1 heterocycles. The predicted molar refractivity (Wildman–Crippen MR) is 146 cm³/mol. The third kappa shape index (κ3) is 5.72. The minimum absolute atomic E-state index is 0.0451. The van der Waals surface area contributed by atoms with Gasteiger partial charge in [-0.05, 0) is 42.8 Å². The fourth-order valence-corrected chi connectivity index (χ4v) is 4.29. The highest BCUT2D eigenvalue weighted by Crippen LogP contribution is 2.38. The topological polar surface area (TPSA) is 94.9 Å². The van der Waals surface area contributed by atoms with Crippen LogP contribution in [0.5, 0.6) is 17.2 Å². The molecule has 4 rings (SSSR count). The van der Waals surface area contributed by atoms with Crippen LogP contribution in [0.3, 0.4) is 0 Å². The number of nitrogens with one attached hydrogen (secondary N) is 1. The Morgan fingerprint density at radius 1 is 0.921 bits per heavy atom. The van der Waals surface area contributed by atoms with Crippen LogP contribution < -0.4 is 24.4 Å². The van der Waals surface area contributed by atoms with Crippen LogP contribution in [0.15, 0.2) is 66.7 Å². The predicted octanol–water partition coefficient (Wildman–Crippen LogP) is 4.09. The summed E-state index contributed by atoms with van der Waals surface area (Å²) in [4.78, 5) is 32.4. The van der Waals surface area contributed by atoms with Gasteiger partial charge in [0.25, 0.3) is 5.91 Å². The maximum absolute atomic E-state index is 13.1. The Morgan fingerprint density at radius 3 is 2.24 bits per heavy atom. The minimum atomic E-state index is -0.252. The summed E-state index contributed by atoms with van der Waals surface area (Å²) in [7, 11) is 6.30. The van der Waals surface area contributed by atoms with E-state index in [0.717, 1.165) is 22.5 Å². The number of nitrogens with zero attached hydrogens (tertiary/aromatic N) is 3. The van der Waals surface area contributed by atoms with Gasteiger partial charge in [-0.15, -0.1) is 0 Å². The van der Waals surface area contributed by atoms with Crippen LogP contribution in [0.4, 0.5) is 5.69 Å². The fraction of sp³-hybridized carbons (Fsp3) is 0.276. The monoisotopic (exact) mass is 516 g/mol. The fourth-order valence-electron chi connectivity index (χ4n) is 4.29. The van der Waals surface area contributed by atoms with Crippen molar-refractivity contribution >= 4 is 28.5 Å². The van der Waals surface area contributed by atoms with Crippen LogP contribution in [0.2, 0.25) is 0 Å². The Balaban J connectivity index is 1.44. The number of carbonyl (C=O) groups excluding carboxylic acids is 2. The number of methoxy groups -OCH3 is 3. The molecule has 0 atom stereocenters. The van der Waals surface area contributed by atoms with Crippen molar-refractivity contribution in [3.63, 3.8) is 0 Å². The van der Waals surface area contributed by atoms with Crippen molar-refractivity contribution in [2.75, 3.05) is 39.8 Å². The van der Waals surface area contributed by atoms with Crippen molar-refractivity contribution in [3.05, 3.63) is 78.1 Å². The number of hydrogen-bond acceptors (Lipinski definition) is 6. The van der Waals surface area contributed by atoms with Gasteiger partial charge in [0.2, 0.25) is 11.7 Å². The smallest absolute Gasteiger partial charge is 0.251 e. The van der Waals surface area contributed by atoms with Gasteiger partial charge in [-0.3, -0.25) is 9.59 Å². The third-order valence-corrected chi connectivity index (χ3v) is 6.33. The van der Waals surface area contributed by atoms with Crippen LogP contribution in [0.25, 0.3) is 11.0 Å². The van der Waals surface area contributed by atoms with Crippen LogP contribution in [0.1, 0.15) is 22.6 Å². The molecule has 9 nitrogen and oxygen atoms in total. The first kappa shape index (κ1) is 26.5. The summed E-state index contributed by atoms with van der Waals surface area (Å²) in [5.41, 5.74) is 2.97. The maximum Gasteiger partial charge on any atom is 0.251 e. The average molecular weight is 517 g/mol. The Bertz CT molecular complexity index is 1390. The van der Waals surface area contributed by atoms with Gasteiger partial charge in [0, 0.05) is 31.3 Å². The quantitative estimate of drug-likeness (QED) is 0.302. The molecule has 0 aliphatic heterocycles. The van der Waals surface area contributed by atoms with Gasteiger partial charge in [0.1, 0.15) is 12.4 Å². The molecule has 198 valence electrons. The lowest BCUT2D eigenvalue weighted by Gasteiger charge is -2.19. The molecule has 4 aromatic rings. The number of para-hydroxylation sites is 3. The van der Waals surface area contributed by atoms with E-state index in [-0.39, 0.29) is 18.4 Å². The zero-order chi connectivity index (χ0) is 27.1. The highest BCUT2D eigenvalue weighted by Gasteiger charge is 2.19. The molecule has 1 aromatic heterocycles. The molecule has 38 heavy (non-hydrogen) atoms. The van der Waals surface area contributed by atoms with Gasteiger partial charge in [-0.2, -0.15) is 0 Å². The van der Waals surface area contributed by atoms with E-state index in [4.69, 9.17) is 19.2 Å². The Hall–Kier alpha value is -4.53. The van der Waals surface area contributed by atoms with E-state index in [9.17, 15) is 9.59 Å². The van der Waals surface area contributed by atoms with Crippen LogP contribution >= 0.6 is 0 Å². The molecule has 0 spiro atoms. The summed E-state index contributed by atoms with van der Waals surface area (Å²) < 4.78 is 18.0. The summed E-state index contributed by atoms with van der Waals surface area (Å²) >= 11 is 0. The highest BCUT2D eigenvalue weighted by atomic mass is 16.5. The second-order valence-corrected chi connectivity index (χ2v) is 8.66. The zero-order valence-electron chi connectivity index (χ0n) is 22.1. The summed E-state index contributed by atoms with van der Waals surface area (Å²) in [5.74, 6) is 1.75. The van der Waals surface area contributed by atoms with Crippen molar-refractivity contribution in [3.8, 4) is 17.2 Å². The number of rotatable bonds is 11. The lowest BCUT2D eigenvalue weighted by Crippen LogP contribution is -2.30. The van der Waals surface area contributed by atoms with Gasteiger partial charge in [-0.1, -0.05) is 30.3 Å². The zero-order valence-corrected chi connectivity index (χ0v) is 22.1. The summed E-state index contributed by atoms with van der Waals surface area (Å²) in [6, 6.07) is 20.5. The Kier molecular flexibility index (Phi) is 8.47. The molecule has 0 bridgehead atoms. The van der Waals surface area contributed by atoms with Crippen LogP contribution in [0, 0.1) is 0 Å². The van der Waals surface area contributed by atoms with Gasteiger partial charge >= 0.3 is 0 Å². The second-order valence-electron chi connectivity index (χ2n) is 8.66. The maximum atomic E-state index is 13.1. The molecule has 0 unspecified atom stereocenters. The van der Waals surface area contributed by atoms with Crippen LogP contribution in [-0.4, -0.2) is 56.3 Å². The number of aromatic nitrogens is 2. The number of amides is 2. The molecule has 3 aromatic carbocycles. The van der Waals surface area contributed by atoms with Crippen molar-refractivity contribution in [1.29, 1.82) is 0 Å². The average Bonchev–Trinajstić information content (AvgIpc) is 3.31. The summed E-state index contributed by atoms with van der Waals surface area (Å²) in [6.07, 6.45) is 1.23. The van der Waals surface area contributed by atoms with Crippen molar-refractivity contribution in [1.82, 2.24) is 14.9 Å².